The number of halogens is 1. The molecule has 2 rings (SSSR count). The molecule has 1 aliphatic rings. The van der Waals surface area contributed by atoms with Gasteiger partial charge in [0.15, 0.2) is 0 Å². The van der Waals surface area contributed by atoms with Crippen molar-refractivity contribution in [3.63, 3.8) is 0 Å². The average Bonchev–Trinajstić information content (AvgIpc) is 2.71. The van der Waals surface area contributed by atoms with Crippen molar-refractivity contribution in [2.24, 2.45) is 0 Å². The number of rotatable bonds is 3. The Morgan fingerprint density at radius 3 is 2.44 bits per heavy atom. The van der Waals surface area contributed by atoms with Crippen molar-refractivity contribution in [1.29, 1.82) is 0 Å². The zero-order valence-electron chi connectivity index (χ0n) is 10.6. The molecule has 0 amide bonds. The van der Waals surface area contributed by atoms with Gasteiger partial charge in [0.1, 0.15) is 0 Å². The lowest BCUT2D eigenvalue weighted by Crippen LogP contribution is -2.40. The second-order valence-electron chi connectivity index (χ2n) is 4.88. The number of hydrogen-bond donors (Lipinski definition) is 0. The minimum absolute atomic E-state index is 0.107. The molecule has 1 saturated heterocycles. The fraction of sp³-hybridized carbons (Fsp3) is 0.538. The zero-order valence-corrected chi connectivity index (χ0v) is 13.6. The van der Waals surface area contributed by atoms with Gasteiger partial charge in [0.2, 0.25) is 10.0 Å². The fourth-order valence-corrected chi connectivity index (χ4v) is 5.47. The molecule has 1 aromatic carbocycles. The maximum absolute atomic E-state index is 12.6. The molecule has 0 N–H and O–H groups in total. The topological polar surface area (TPSA) is 37.4 Å². The molecule has 0 bridgehead atoms. The molecule has 100 valence electrons. The number of alkyl halides is 1. The van der Waals surface area contributed by atoms with E-state index in [9.17, 15) is 8.42 Å². The van der Waals surface area contributed by atoms with Crippen molar-refractivity contribution in [1.82, 2.24) is 4.31 Å². The van der Waals surface area contributed by atoms with E-state index < -0.39 is 10.0 Å². The van der Waals surface area contributed by atoms with E-state index in [1.165, 1.54) is 0 Å². The quantitative estimate of drug-likeness (QED) is 0.598. The summed E-state index contributed by atoms with van der Waals surface area (Å²) < 4.78 is 27.8. The van der Waals surface area contributed by atoms with E-state index in [2.05, 4.69) is 22.6 Å². The molecule has 0 radical (unpaired) electrons. The first-order chi connectivity index (χ1) is 8.46. The summed E-state index contributed by atoms with van der Waals surface area (Å²) in [7, 11) is -3.34. The van der Waals surface area contributed by atoms with Crippen LogP contribution in [-0.2, 0) is 10.0 Å². The smallest absolute Gasteiger partial charge is 0.207 e. The molecule has 3 nitrogen and oxygen atoms in total. The number of sulfonamides is 1. The highest BCUT2D eigenvalue weighted by molar-refractivity contribution is 14.1. The van der Waals surface area contributed by atoms with Crippen LogP contribution < -0.4 is 0 Å². The van der Waals surface area contributed by atoms with Crippen molar-refractivity contribution in [3.05, 3.63) is 29.8 Å². The van der Waals surface area contributed by atoms with E-state index in [4.69, 9.17) is 0 Å². The highest BCUT2D eigenvalue weighted by Gasteiger charge is 2.39. The molecular formula is C13H18INO2S. The molecule has 1 aliphatic heterocycles. The summed E-state index contributed by atoms with van der Waals surface area (Å²) in [5, 5.41) is 0. The van der Waals surface area contributed by atoms with Gasteiger partial charge < -0.3 is 0 Å². The second kappa shape index (κ2) is 5.46. The van der Waals surface area contributed by atoms with Crippen molar-refractivity contribution in [2.75, 3.05) is 4.43 Å². The average molecular weight is 379 g/mol. The van der Waals surface area contributed by atoms with E-state index in [1.807, 2.05) is 26.0 Å². The Hall–Kier alpha value is -0.140. The Balaban J connectivity index is 2.38. The summed E-state index contributed by atoms with van der Waals surface area (Å²) in [6, 6.07) is 7.38. The van der Waals surface area contributed by atoms with Crippen LogP contribution in [0.2, 0.25) is 0 Å². The second-order valence-corrected chi connectivity index (χ2v) is 7.61. The molecule has 1 aromatic rings. The van der Waals surface area contributed by atoms with Crippen LogP contribution >= 0.6 is 22.6 Å². The summed E-state index contributed by atoms with van der Waals surface area (Å²) in [6.07, 6.45) is 1.92. The standard InChI is InChI=1S/C13H18INO2S/c1-10-3-7-13(8-4-10)18(16,17)15-11(2)5-6-12(15)9-14/h3-4,7-8,11-12H,5-6,9H2,1-2H3/t11-,12+/m0/s1. The van der Waals surface area contributed by atoms with Crippen LogP contribution in [0.15, 0.2) is 29.2 Å². The summed E-state index contributed by atoms with van der Waals surface area (Å²) in [5.74, 6) is 0. The number of nitrogens with zero attached hydrogens (tertiary/aromatic N) is 1. The van der Waals surface area contributed by atoms with Gasteiger partial charge in [0, 0.05) is 16.5 Å². The normalized spacial score (nSPS) is 25.5. The molecule has 0 unspecified atom stereocenters. The maximum atomic E-state index is 12.6. The predicted molar refractivity (Wildman–Crippen MR) is 81.6 cm³/mol. The number of benzene rings is 1. The number of hydrogen-bond acceptors (Lipinski definition) is 2. The van der Waals surface area contributed by atoms with E-state index in [0.717, 1.165) is 22.8 Å². The van der Waals surface area contributed by atoms with Gasteiger partial charge in [0.25, 0.3) is 0 Å². The van der Waals surface area contributed by atoms with Crippen LogP contribution in [0.5, 0.6) is 0 Å². The summed E-state index contributed by atoms with van der Waals surface area (Å²) in [5.41, 5.74) is 1.08. The van der Waals surface area contributed by atoms with Crippen molar-refractivity contribution >= 4 is 32.6 Å². The summed E-state index contributed by atoms with van der Waals surface area (Å²) >= 11 is 2.27. The SMILES string of the molecule is Cc1ccc(S(=O)(=O)N2[C@@H](CI)CC[C@@H]2C)cc1. The Morgan fingerprint density at radius 2 is 1.89 bits per heavy atom. The van der Waals surface area contributed by atoms with Crippen LogP contribution in [0.1, 0.15) is 25.3 Å². The summed E-state index contributed by atoms with van der Waals surface area (Å²) in [6.45, 7) is 3.96. The molecule has 0 aromatic heterocycles. The molecular weight excluding hydrogens is 361 g/mol. The molecule has 2 atom stereocenters. The third-order valence-electron chi connectivity index (χ3n) is 3.49. The highest BCUT2D eigenvalue weighted by atomic mass is 127. The van der Waals surface area contributed by atoms with E-state index in [-0.39, 0.29) is 12.1 Å². The largest absolute Gasteiger partial charge is 0.243 e. The lowest BCUT2D eigenvalue weighted by molar-refractivity contribution is 0.356. The first-order valence-corrected chi connectivity index (χ1v) is 9.09. The molecule has 0 spiro atoms. The third kappa shape index (κ3) is 2.58. The van der Waals surface area contributed by atoms with E-state index >= 15 is 0 Å². The fourth-order valence-electron chi connectivity index (χ4n) is 2.46. The van der Waals surface area contributed by atoms with Crippen LogP contribution in [-0.4, -0.2) is 29.2 Å². The Bertz CT molecular complexity index is 512. The van der Waals surface area contributed by atoms with Gasteiger partial charge in [-0.3, -0.25) is 0 Å². The monoisotopic (exact) mass is 379 g/mol. The molecule has 5 heteroatoms. The van der Waals surface area contributed by atoms with Gasteiger partial charge in [-0.25, -0.2) is 8.42 Å². The highest BCUT2D eigenvalue weighted by Crippen LogP contribution is 2.31. The van der Waals surface area contributed by atoms with Gasteiger partial charge >= 0.3 is 0 Å². The minimum Gasteiger partial charge on any atom is -0.207 e. The lowest BCUT2D eigenvalue weighted by Gasteiger charge is -2.26. The van der Waals surface area contributed by atoms with Crippen LogP contribution in [0.4, 0.5) is 0 Å². The molecule has 1 fully saturated rings. The predicted octanol–water partition coefficient (Wildman–Crippen LogP) is 2.97. The molecule has 0 saturated carbocycles. The number of aryl methyl sites for hydroxylation is 1. The molecule has 1 heterocycles. The molecule has 18 heavy (non-hydrogen) atoms. The van der Waals surface area contributed by atoms with E-state index in [1.54, 1.807) is 16.4 Å². The van der Waals surface area contributed by atoms with Gasteiger partial charge in [-0.2, -0.15) is 4.31 Å². The Labute approximate surface area is 123 Å². The Morgan fingerprint density at radius 1 is 1.28 bits per heavy atom. The maximum Gasteiger partial charge on any atom is 0.243 e. The Kier molecular flexibility index (Phi) is 4.33. The van der Waals surface area contributed by atoms with Crippen molar-refractivity contribution < 1.29 is 8.42 Å². The van der Waals surface area contributed by atoms with Crippen LogP contribution in [0.25, 0.3) is 0 Å². The first-order valence-electron chi connectivity index (χ1n) is 6.13. The van der Waals surface area contributed by atoms with Crippen LogP contribution in [0, 0.1) is 6.92 Å². The molecule has 0 aliphatic carbocycles. The van der Waals surface area contributed by atoms with Gasteiger partial charge in [-0.15, -0.1) is 0 Å². The first kappa shape index (κ1) is 14.3. The van der Waals surface area contributed by atoms with Gasteiger partial charge in [-0.1, -0.05) is 40.3 Å². The zero-order chi connectivity index (χ0) is 13.3. The summed E-state index contributed by atoms with van der Waals surface area (Å²) in [4.78, 5) is 0.414. The van der Waals surface area contributed by atoms with Crippen LogP contribution in [0.3, 0.4) is 0 Å². The van der Waals surface area contributed by atoms with Gasteiger partial charge in [0.05, 0.1) is 4.90 Å². The van der Waals surface area contributed by atoms with Crippen molar-refractivity contribution in [3.8, 4) is 0 Å². The van der Waals surface area contributed by atoms with E-state index in [0.29, 0.717) is 4.90 Å². The van der Waals surface area contributed by atoms with Crippen molar-refractivity contribution in [2.45, 2.75) is 43.7 Å². The third-order valence-corrected chi connectivity index (χ3v) is 6.58. The minimum atomic E-state index is -3.34. The van der Waals surface area contributed by atoms with Gasteiger partial charge in [-0.05, 0) is 38.8 Å². The lowest BCUT2D eigenvalue weighted by atomic mass is 10.2.